The molecule has 6 heteroatoms. The first kappa shape index (κ1) is 13.1. The van der Waals surface area contributed by atoms with Gasteiger partial charge < -0.3 is 0 Å². The van der Waals surface area contributed by atoms with E-state index in [1.807, 2.05) is 0 Å². The Hall–Kier alpha value is -1.30. The van der Waals surface area contributed by atoms with Crippen LogP contribution in [0.5, 0.6) is 0 Å². The van der Waals surface area contributed by atoms with Crippen molar-refractivity contribution in [3.8, 4) is 0 Å². The van der Waals surface area contributed by atoms with E-state index in [9.17, 15) is 22.0 Å². The van der Waals surface area contributed by atoms with Crippen molar-refractivity contribution in [2.24, 2.45) is 5.92 Å². The third kappa shape index (κ3) is 2.93. The van der Waals surface area contributed by atoms with Gasteiger partial charge in [0.25, 0.3) is 0 Å². The van der Waals surface area contributed by atoms with Gasteiger partial charge in [0.2, 0.25) is 0 Å². The van der Waals surface area contributed by atoms with Gasteiger partial charge in [-0.3, -0.25) is 4.79 Å². The van der Waals surface area contributed by atoms with Gasteiger partial charge in [0, 0.05) is 18.4 Å². The van der Waals surface area contributed by atoms with Crippen LogP contribution in [0.3, 0.4) is 0 Å². The largest absolute Gasteiger partial charge is 0.299 e. The van der Waals surface area contributed by atoms with E-state index in [0.29, 0.717) is 12.5 Å². The van der Waals surface area contributed by atoms with Gasteiger partial charge in [0.15, 0.2) is 9.84 Å². The number of carbonyl (C=O) groups is 1. The molecule has 2 rings (SSSR count). The predicted octanol–water partition coefficient (Wildman–Crippen LogP) is 1.51. The van der Waals surface area contributed by atoms with Crippen LogP contribution in [0.1, 0.15) is 12.0 Å². The molecule has 0 amide bonds. The van der Waals surface area contributed by atoms with Crippen LogP contribution >= 0.6 is 0 Å². The fourth-order valence-electron chi connectivity index (χ4n) is 2.05. The van der Waals surface area contributed by atoms with Crippen molar-refractivity contribution in [2.45, 2.75) is 12.8 Å². The van der Waals surface area contributed by atoms with E-state index in [0.717, 1.165) is 6.07 Å². The molecule has 1 saturated heterocycles. The molecule has 0 aromatic heterocycles. The molecule has 0 saturated carbocycles. The van der Waals surface area contributed by atoms with Crippen LogP contribution in [0, 0.1) is 17.6 Å². The summed E-state index contributed by atoms with van der Waals surface area (Å²) in [6.45, 7) is 0. The van der Waals surface area contributed by atoms with Crippen molar-refractivity contribution in [3.05, 3.63) is 35.4 Å². The van der Waals surface area contributed by atoms with Gasteiger partial charge in [-0.2, -0.15) is 0 Å². The minimum absolute atomic E-state index is 0.00923. The van der Waals surface area contributed by atoms with Crippen LogP contribution in [0.15, 0.2) is 18.2 Å². The fraction of sp³-hybridized carbons (Fsp3) is 0.417. The zero-order chi connectivity index (χ0) is 13.3. The second-order valence-corrected chi connectivity index (χ2v) is 6.71. The lowest BCUT2D eigenvalue weighted by Crippen LogP contribution is -2.18. The molecular weight excluding hydrogens is 262 g/mol. The molecule has 1 aliphatic heterocycles. The predicted molar refractivity (Wildman–Crippen MR) is 61.8 cm³/mol. The third-order valence-corrected chi connectivity index (χ3v) is 4.84. The molecule has 3 nitrogen and oxygen atoms in total. The van der Waals surface area contributed by atoms with Gasteiger partial charge in [-0.25, -0.2) is 17.2 Å². The molecule has 1 aliphatic rings. The summed E-state index contributed by atoms with van der Waals surface area (Å²) < 4.78 is 48.5. The minimum atomic E-state index is -3.12. The van der Waals surface area contributed by atoms with Crippen molar-refractivity contribution < 1.29 is 22.0 Å². The maximum absolute atomic E-state index is 13.3. The van der Waals surface area contributed by atoms with Gasteiger partial charge in [-0.1, -0.05) is 6.07 Å². The van der Waals surface area contributed by atoms with Gasteiger partial charge in [0.1, 0.15) is 17.4 Å². The summed E-state index contributed by atoms with van der Waals surface area (Å²) in [5.74, 6) is -2.48. The first-order chi connectivity index (χ1) is 8.37. The molecule has 0 aliphatic carbocycles. The van der Waals surface area contributed by atoms with E-state index in [1.54, 1.807) is 0 Å². The summed E-state index contributed by atoms with van der Waals surface area (Å²) in [6.07, 6.45) is 0.107. The molecule has 0 bridgehead atoms. The molecule has 0 spiro atoms. The second-order valence-electron chi connectivity index (χ2n) is 4.48. The number of hydrogen-bond acceptors (Lipinski definition) is 3. The number of benzene rings is 1. The maximum atomic E-state index is 13.3. The number of halogens is 2. The first-order valence-electron chi connectivity index (χ1n) is 5.54. The normalized spacial score (nSPS) is 22.0. The quantitative estimate of drug-likeness (QED) is 0.839. The molecule has 0 N–H and O–H groups in total. The lowest BCUT2D eigenvalue weighted by molar-refractivity contribution is -0.121. The van der Waals surface area contributed by atoms with Crippen molar-refractivity contribution in [1.29, 1.82) is 0 Å². The Balaban J connectivity index is 2.08. The lowest BCUT2D eigenvalue weighted by atomic mass is 9.97. The summed E-state index contributed by atoms with van der Waals surface area (Å²) in [4.78, 5) is 11.8. The lowest BCUT2D eigenvalue weighted by Gasteiger charge is -2.07. The van der Waals surface area contributed by atoms with E-state index < -0.39 is 27.4 Å². The molecule has 1 atom stereocenters. The Kier molecular flexibility index (Phi) is 3.47. The van der Waals surface area contributed by atoms with E-state index in [-0.39, 0.29) is 29.3 Å². The second kappa shape index (κ2) is 4.76. The minimum Gasteiger partial charge on any atom is -0.299 e. The van der Waals surface area contributed by atoms with Crippen LogP contribution in [0.4, 0.5) is 8.78 Å². The van der Waals surface area contributed by atoms with Crippen LogP contribution in [-0.2, 0) is 21.1 Å². The Labute approximate surface area is 104 Å². The Morgan fingerprint density at radius 1 is 1.33 bits per heavy atom. The fourth-order valence-corrected chi connectivity index (χ4v) is 3.82. The highest BCUT2D eigenvalue weighted by molar-refractivity contribution is 7.91. The van der Waals surface area contributed by atoms with Crippen molar-refractivity contribution >= 4 is 15.6 Å². The molecule has 1 fully saturated rings. The zero-order valence-corrected chi connectivity index (χ0v) is 10.3. The highest BCUT2D eigenvalue weighted by Crippen LogP contribution is 2.21. The average Bonchev–Trinajstić information content (AvgIpc) is 2.63. The maximum Gasteiger partial charge on any atom is 0.151 e. The van der Waals surface area contributed by atoms with Crippen LogP contribution in [-0.4, -0.2) is 25.7 Å². The van der Waals surface area contributed by atoms with Crippen molar-refractivity contribution in [1.82, 2.24) is 0 Å². The summed E-state index contributed by atoms with van der Waals surface area (Å²) in [5.41, 5.74) is 0.102. The monoisotopic (exact) mass is 274 g/mol. The summed E-state index contributed by atoms with van der Waals surface area (Å²) in [7, 11) is -3.12. The van der Waals surface area contributed by atoms with E-state index in [2.05, 4.69) is 0 Å². The molecule has 1 aromatic carbocycles. The number of sulfone groups is 1. The number of carbonyl (C=O) groups excluding carboxylic acids is 1. The molecule has 18 heavy (non-hydrogen) atoms. The van der Waals surface area contributed by atoms with Gasteiger partial charge in [0.05, 0.1) is 11.5 Å². The van der Waals surface area contributed by atoms with Crippen LogP contribution < -0.4 is 0 Å². The van der Waals surface area contributed by atoms with Gasteiger partial charge in [-0.05, 0) is 18.1 Å². The number of rotatable bonds is 3. The highest BCUT2D eigenvalue weighted by atomic mass is 32.2. The molecule has 1 aromatic rings. The SMILES string of the molecule is O=C(Cc1ccc(F)cc1F)C1CCS(=O)(=O)C1. The molecule has 1 unspecified atom stereocenters. The van der Waals surface area contributed by atoms with Gasteiger partial charge in [-0.15, -0.1) is 0 Å². The summed E-state index contributed by atoms with van der Waals surface area (Å²) in [5, 5.41) is 0. The van der Waals surface area contributed by atoms with E-state index in [1.165, 1.54) is 6.07 Å². The van der Waals surface area contributed by atoms with Crippen LogP contribution in [0.25, 0.3) is 0 Å². The molecule has 98 valence electrons. The van der Waals surface area contributed by atoms with Crippen molar-refractivity contribution in [2.75, 3.05) is 11.5 Å². The topological polar surface area (TPSA) is 51.2 Å². The summed E-state index contributed by atoms with van der Waals surface area (Å²) >= 11 is 0. The van der Waals surface area contributed by atoms with E-state index >= 15 is 0 Å². The zero-order valence-electron chi connectivity index (χ0n) is 9.53. The van der Waals surface area contributed by atoms with Crippen LogP contribution in [0.2, 0.25) is 0 Å². The summed E-state index contributed by atoms with van der Waals surface area (Å²) in [6, 6.07) is 3.01. The number of hydrogen-bond donors (Lipinski definition) is 0. The molecule has 0 radical (unpaired) electrons. The highest BCUT2D eigenvalue weighted by Gasteiger charge is 2.32. The Bertz CT molecular complexity index is 581. The van der Waals surface area contributed by atoms with Crippen molar-refractivity contribution in [3.63, 3.8) is 0 Å². The molecule has 1 heterocycles. The standard InChI is InChI=1S/C12H12F2O3S/c13-10-2-1-8(11(14)6-10)5-12(15)9-3-4-18(16,17)7-9/h1-2,6,9H,3-5,7H2. The Morgan fingerprint density at radius 3 is 2.61 bits per heavy atom. The first-order valence-corrected chi connectivity index (χ1v) is 7.36. The smallest absolute Gasteiger partial charge is 0.151 e. The third-order valence-electron chi connectivity index (χ3n) is 3.07. The molecular formula is C12H12F2O3S. The van der Waals surface area contributed by atoms with E-state index in [4.69, 9.17) is 0 Å². The number of Topliss-reactive ketones (excluding diaryl/α,β-unsaturated/α-hetero) is 1. The number of ketones is 1. The Morgan fingerprint density at radius 2 is 2.06 bits per heavy atom. The average molecular weight is 274 g/mol. The van der Waals surface area contributed by atoms with Gasteiger partial charge >= 0.3 is 0 Å².